The Balaban J connectivity index is 1.44. The third kappa shape index (κ3) is 4.47. The van der Waals surface area contributed by atoms with E-state index in [1.54, 1.807) is 30.6 Å². The predicted octanol–water partition coefficient (Wildman–Crippen LogP) is 3.27. The second kappa shape index (κ2) is 9.02. The van der Waals surface area contributed by atoms with Gasteiger partial charge in [-0.05, 0) is 49.6 Å². The second-order valence-electron chi connectivity index (χ2n) is 7.79. The molecule has 2 aromatic rings. The highest BCUT2D eigenvalue weighted by Crippen LogP contribution is 2.30. The zero-order valence-corrected chi connectivity index (χ0v) is 16.8. The molecule has 152 valence electrons. The van der Waals surface area contributed by atoms with E-state index in [9.17, 15) is 10.1 Å². The van der Waals surface area contributed by atoms with Gasteiger partial charge >= 0.3 is 0 Å². The lowest BCUT2D eigenvalue weighted by Crippen LogP contribution is -2.30. The number of aromatic nitrogens is 2. The number of hydrogen-bond acceptors (Lipinski definition) is 6. The normalized spacial score (nSPS) is 21.4. The SMILES string of the molecule is N#CC1(Cc2cccc(-c3ncc(OCC4CCNCC4)cn3)c2)C=CC=CC1=O. The summed E-state index contributed by atoms with van der Waals surface area (Å²) in [7, 11) is 0. The number of nitrogens with zero attached hydrogens (tertiary/aromatic N) is 3. The highest BCUT2D eigenvalue weighted by molar-refractivity contribution is 6.00. The Morgan fingerprint density at radius 3 is 2.73 bits per heavy atom. The van der Waals surface area contributed by atoms with Crippen LogP contribution < -0.4 is 10.1 Å². The van der Waals surface area contributed by atoms with Gasteiger partial charge in [0.25, 0.3) is 0 Å². The third-order valence-corrected chi connectivity index (χ3v) is 5.62. The van der Waals surface area contributed by atoms with E-state index >= 15 is 0 Å². The molecule has 0 amide bonds. The van der Waals surface area contributed by atoms with Crippen molar-refractivity contribution in [1.29, 1.82) is 5.26 Å². The zero-order chi connectivity index (χ0) is 20.8. The van der Waals surface area contributed by atoms with Gasteiger partial charge < -0.3 is 10.1 Å². The van der Waals surface area contributed by atoms with E-state index in [0.29, 0.717) is 30.5 Å². The molecule has 6 nitrogen and oxygen atoms in total. The molecule has 0 bridgehead atoms. The number of carbonyl (C=O) groups excluding carboxylic acids is 1. The Labute approximate surface area is 176 Å². The van der Waals surface area contributed by atoms with Crippen LogP contribution in [-0.2, 0) is 11.2 Å². The molecule has 4 rings (SSSR count). The average Bonchev–Trinajstić information content (AvgIpc) is 2.80. The molecule has 1 aromatic heterocycles. The highest BCUT2D eigenvalue weighted by atomic mass is 16.5. The number of nitrogens with one attached hydrogen (secondary N) is 1. The van der Waals surface area contributed by atoms with E-state index in [-0.39, 0.29) is 5.78 Å². The molecule has 0 saturated carbocycles. The molecular weight excluding hydrogens is 376 g/mol. The van der Waals surface area contributed by atoms with Crippen molar-refractivity contribution in [2.45, 2.75) is 19.3 Å². The first-order chi connectivity index (χ1) is 14.7. The molecular formula is C24H24N4O2. The number of ketones is 1. The van der Waals surface area contributed by atoms with Crippen LogP contribution in [0.4, 0.5) is 0 Å². The second-order valence-corrected chi connectivity index (χ2v) is 7.79. The lowest BCUT2D eigenvalue weighted by atomic mass is 9.76. The van der Waals surface area contributed by atoms with E-state index in [0.717, 1.165) is 37.1 Å². The van der Waals surface area contributed by atoms with E-state index in [1.165, 1.54) is 6.08 Å². The Kier molecular flexibility index (Phi) is 6.01. The summed E-state index contributed by atoms with van der Waals surface area (Å²) in [6.07, 6.45) is 12.5. The summed E-state index contributed by atoms with van der Waals surface area (Å²) in [4.78, 5) is 21.2. The van der Waals surface area contributed by atoms with Crippen LogP contribution in [0.3, 0.4) is 0 Å². The molecule has 1 aromatic carbocycles. The molecule has 30 heavy (non-hydrogen) atoms. The molecule has 1 N–H and O–H groups in total. The Morgan fingerprint density at radius 1 is 1.20 bits per heavy atom. The highest BCUT2D eigenvalue weighted by Gasteiger charge is 2.35. The number of ether oxygens (including phenoxy) is 1. The summed E-state index contributed by atoms with van der Waals surface area (Å²) < 4.78 is 5.86. The number of hydrogen-bond donors (Lipinski definition) is 1. The first-order valence-corrected chi connectivity index (χ1v) is 10.2. The predicted molar refractivity (Wildman–Crippen MR) is 114 cm³/mol. The van der Waals surface area contributed by atoms with Gasteiger partial charge in [-0.3, -0.25) is 4.79 Å². The fraction of sp³-hybridized carbons (Fsp3) is 0.333. The van der Waals surface area contributed by atoms with Crippen LogP contribution in [0.2, 0.25) is 0 Å². The lowest BCUT2D eigenvalue weighted by molar-refractivity contribution is -0.119. The largest absolute Gasteiger partial charge is 0.490 e. The van der Waals surface area contributed by atoms with Gasteiger partial charge in [-0.2, -0.15) is 5.26 Å². The maximum absolute atomic E-state index is 12.3. The van der Waals surface area contributed by atoms with E-state index in [4.69, 9.17) is 4.74 Å². The summed E-state index contributed by atoms with van der Waals surface area (Å²) in [5.41, 5.74) is 0.575. The summed E-state index contributed by atoms with van der Waals surface area (Å²) in [6, 6.07) is 9.85. The molecule has 1 unspecified atom stereocenters. The van der Waals surface area contributed by atoms with Crippen molar-refractivity contribution in [3.8, 4) is 23.2 Å². The number of rotatable bonds is 6. The number of benzene rings is 1. The van der Waals surface area contributed by atoms with Crippen molar-refractivity contribution in [3.63, 3.8) is 0 Å². The van der Waals surface area contributed by atoms with Gasteiger partial charge in [-0.15, -0.1) is 0 Å². The van der Waals surface area contributed by atoms with Gasteiger partial charge in [0.15, 0.2) is 17.4 Å². The first kappa shape index (κ1) is 20.0. The van der Waals surface area contributed by atoms with Crippen LogP contribution in [0.15, 0.2) is 61.0 Å². The van der Waals surface area contributed by atoms with E-state index < -0.39 is 5.41 Å². The molecule has 2 aliphatic rings. The van der Waals surface area contributed by atoms with Crippen LogP contribution in [-0.4, -0.2) is 35.4 Å². The molecule has 1 fully saturated rings. The maximum Gasteiger partial charge on any atom is 0.180 e. The smallest absolute Gasteiger partial charge is 0.180 e. The first-order valence-electron chi connectivity index (χ1n) is 10.2. The molecule has 2 heterocycles. The third-order valence-electron chi connectivity index (χ3n) is 5.62. The number of allylic oxidation sites excluding steroid dienone is 4. The molecule has 6 heteroatoms. The summed E-state index contributed by atoms with van der Waals surface area (Å²) in [6.45, 7) is 2.78. The van der Waals surface area contributed by atoms with Crippen LogP contribution in [0, 0.1) is 22.7 Å². The zero-order valence-electron chi connectivity index (χ0n) is 16.8. The van der Waals surface area contributed by atoms with Crippen LogP contribution >= 0.6 is 0 Å². The van der Waals surface area contributed by atoms with Gasteiger partial charge in [0, 0.05) is 12.0 Å². The van der Waals surface area contributed by atoms with Crippen molar-refractivity contribution in [1.82, 2.24) is 15.3 Å². The Morgan fingerprint density at radius 2 is 2.00 bits per heavy atom. The number of carbonyl (C=O) groups is 1. The van der Waals surface area contributed by atoms with Crippen LogP contribution in [0.25, 0.3) is 11.4 Å². The maximum atomic E-state index is 12.3. The minimum Gasteiger partial charge on any atom is -0.490 e. The molecule has 1 aliphatic heterocycles. The minimum absolute atomic E-state index is 0.190. The van der Waals surface area contributed by atoms with Gasteiger partial charge in [-0.25, -0.2) is 9.97 Å². The summed E-state index contributed by atoms with van der Waals surface area (Å²) >= 11 is 0. The molecule has 1 saturated heterocycles. The number of piperidine rings is 1. The quantitative estimate of drug-likeness (QED) is 0.801. The van der Waals surface area contributed by atoms with Gasteiger partial charge in [0.05, 0.1) is 25.1 Å². The fourth-order valence-electron chi connectivity index (χ4n) is 3.82. The van der Waals surface area contributed by atoms with E-state index in [1.807, 2.05) is 24.3 Å². The molecule has 0 spiro atoms. The van der Waals surface area contributed by atoms with E-state index in [2.05, 4.69) is 21.4 Å². The standard InChI is InChI=1S/C24H24N4O2/c25-17-24(9-2-1-6-22(24)29)13-19-4-3-5-20(12-19)23-27-14-21(15-28-23)30-16-18-7-10-26-11-8-18/h1-6,9,12,14-15,18,26H,7-8,10-11,13,16H2. The topological polar surface area (TPSA) is 87.9 Å². The molecule has 0 radical (unpaired) electrons. The van der Waals surface area contributed by atoms with Gasteiger partial charge in [-0.1, -0.05) is 36.4 Å². The minimum atomic E-state index is -1.15. The van der Waals surface area contributed by atoms with Crippen molar-refractivity contribution in [2.24, 2.45) is 11.3 Å². The Bertz CT molecular complexity index is 1000. The summed E-state index contributed by atoms with van der Waals surface area (Å²) in [5.74, 6) is 1.63. The van der Waals surface area contributed by atoms with Crippen molar-refractivity contribution in [2.75, 3.05) is 19.7 Å². The van der Waals surface area contributed by atoms with Gasteiger partial charge in [0.2, 0.25) is 0 Å². The molecule has 1 atom stereocenters. The lowest BCUT2D eigenvalue weighted by Gasteiger charge is -2.22. The van der Waals surface area contributed by atoms with Crippen molar-refractivity contribution >= 4 is 5.78 Å². The van der Waals surface area contributed by atoms with Gasteiger partial charge in [0.1, 0.15) is 5.41 Å². The molecule has 1 aliphatic carbocycles. The monoisotopic (exact) mass is 400 g/mol. The number of nitriles is 1. The van der Waals surface area contributed by atoms with Crippen LogP contribution in [0.1, 0.15) is 18.4 Å². The van der Waals surface area contributed by atoms with Crippen LogP contribution in [0.5, 0.6) is 5.75 Å². The average molecular weight is 400 g/mol. The summed E-state index contributed by atoms with van der Waals surface area (Å²) in [5, 5.41) is 13.0. The fourth-order valence-corrected chi connectivity index (χ4v) is 3.82. The van der Waals surface area contributed by atoms with Crippen molar-refractivity contribution in [3.05, 3.63) is 66.5 Å². The Hall–Kier alpha value is -3.30. The van der Waals surface area contributed by atoms with Crippen molar-refractivity contribution < 1.29 is 9.53 Å².